The second-order valence-corrected chi connectivity index (χ2v) is 8.81. The molecule has 0 amide bonds. The molecule has 1 aliphatic rings. The number of unbranched alkanes of at least 4 members (excludes halogenated alkanes) is 1. The van der Waals surface area contributed by atoms with Crippen molar-refractivity contribution >= 4 is 39.1 Å². The Bertz CT molecular complexity index is 1320. The molecule has 1 fully saturated rings. The summed E-state index contributed by atoms with van der Waals surface area (Å²) in [6.07, 6.45) is 6.78. The van der Waals surface area contributed by atoms with E-state index in [-0.39, 0.29) is 29.6 Å². The van der Waals surface area contributed by atoms with Gasteiger partial charge in [0.05, 0.1) is 11.2 Å². The molecule has 3 heterocycles. The Morgan fingerprint density at radius 1 is 0.917 bits per heavy atom. The second kappa shape index (κ2) is 13.3. The molecule has 4 aromatic rings. The maximum absolute atomic E-state index is 4.96. The number of fused-ring (bicyclic) bond motifs is 2. The number of halogens is 1. The van der Waals surface area contributed by atoms with Crippen molar-refractivity contribution in [2.45, 2.75) is 26.2 Å². The Labute approximate surface area is 241 Å². The minimum Gasteiger partial charge on any atom is -0.581 e. The van der Waals surface area contributed by atoms with E-state index in [0.717, 1.165) is 76.9 Å². The fourth-order valence-corrected chi connectivity index (χ4v) is 4.52. The monoisotopic (exact) mass is 509 g/mol. The Hall–Kier alpha value is -2.31. The molecule has 0 aliphatic carbocycles. The van der Waals surface area contributed by atoms with Gasteiger partial charge in [-0.25, -0.2) is 4.98 Å². The summed E-state index contributed by atoms with van der Waals surface area (Å²) < 4.78 is 0. The van der Waals surface area contributed by atoms with Gasteiger partial charge in [0.15, 0.2) is 0 Å². The molecular formula is C29H33ClN5Na. The molecule has 5 nitrogen and oxygen atoms in total. The number of piperazine rings is 1. The summed E-state index contributed by atoms with van der Waals surface area (Å²) in [4.78, 5) is 9.78. The molecule has 0 atom stereocenters. The number of aromatic nitrogens is 3. The average Bonchev–Trinajstić information content (AvgIpc) is 3.40. The summed E-state index contributed by atoms with van der Waals surface area (Å²) in [5.74, 6) is 0. The second-order valence-electron chi connectivity index (χ2n) is 8.81. The van der Waals surface area contributed by atoms with Crippen molar-refractivity contribution in [3.05, 3.63) is 79.1 Å². The number of nitrogens with zero attached hydrogens (tertiary/aromatic N) is 5. The molecule has 7 heteroatoms. The Balaban J connectivity index is 0.00000117. The first kappa shape index (κ1) is 28.3. The summed E-state index contributed by atoms with van der Waals surface area (Å²) >= 11 is 4.64. The molecular weight excluding hydrogens is 477 g/mol. The first-order valence-electron chi connectivity index (χ1n) is 12.2. The first-order valence-corrected chi connectivity index (χ1v) is 12.9. The zero-order chi connectivity index (χ0) is 24.8. The van der Waals surface area contributed by atoms with Crippen molar-refractivity contribution in [2.75, 3.05) is 32.6 Å². The van der Waals surface area contributed by atoms with Gasteiger partial charge in [-0.1, -0.05) is 56.8 Å². The fourth-order valence-electron chi connectivity index (χ4n) is 4.52. The summed E-state index contributed by atoms with van der Waals surface area (Å²) in [6.45, 7) is 14.9. The topological polar surface area (TPSA) is 46.4 Å². The Morgan fingerprint density at radius 3 is 2.36 bits per heavy atom. The van der Waals surface area contributed by atoms with Crippen LogP contribution in [0.2, 0.25) is 0 Å². The van der Waals surface area contributed by atoms with E-state index >= 15 is 0 Å². The largest absolute Gasteiger partial charge is 1.00 e. The number of allylic oxidation sites excluding steroid dienone is 1. The van der Waals surface area contributed by atoms with Crippen LogP contribution >= 0.6 is 11.6 Å². The predicted octanol–water partition coefficient (Wildman–Crippen LogP) is 3.56. The van der Waals surface area contributed by atoms with Gasteiger partial charge in [0, 0.05) is 60.4 Å². The van der Waals surface area contributed by atoms with Gasteiger partial charge in [0.1, 0.15) is 0 Å². The fraction of sp³-hybridized carbons (Fsp3) is 0.310. The smallest absolute Gasteiger partial charge is 0.581 e. The van der Waals surface area contributed by atoms with Gasteiger partial charge < -0.3 is 20.0 Å². The van der Waals surface area contributed by atoms with Crippen molar-refractivity contribution < 1.29 is 29.6 Å². The van der Waals surface area contributed by atoms with E-state index in [1.807, 2.05) is 12.1 Å². The third-order valence-electron chi connectivity index (χ3n) is 6.64. The van der Waals surface area contributed by atoms with E-state index in [9.17, 15) is 0 Å². The summed E-state index contributed by atoms with van der Waals surface area (Å²) in [6, 6.07) is 16.8. The summed E-state index contributed by atoms with van der Waals surface area (Å²) in [7, 11) is 0. The minimum atomic E-state index is 0. The van der Waals surface area contributed by atoms with Crippen LogP contribution in [0.15, 0.2) is 73.6 Å². The van der Waals surface area contributed by atoms with E-state index in [4.69, 9.17) is 4.98 Å². The van der Waals surface area contributed by atoms with Crippen LogP contribution in [0.4, 0.5) is 0 Å². The predicted molar refractivity (Wildman–Crippen MR) is 148 cm³/mol. The zero-order valence-electron chi connectivity index (χ0n) is 21.7. The molecule has 0 radical (unpaired) electrons. The molecule has 182 valence electrons. The number of rotatable bonds is 7. The number of hydrogen-bond acceptors (Lipinski definition) is 4. The van der Waals surface area contributed by atoms with Crippen molar-refractivity contribution in [1.82, 2.24) is 25.0 Å². The molecule has 0 unspecified atom stereocenters. The van der Waals surface area contributed by atoms with Crippen LogP contribution in [-0.4, -0.2) is 52.4 Å². The van der Waals surface area contributed by atoms with Gasteiger partial charge in [0.25, 0.3) is 0 Å². The first-order chi connectivity index (χ1) is 17.1. The summed E-state index contributed by atoms with van der Waals surface area (Å²) in [5.41, 5.74) is 7.33. The Morgan fingerprint density at radius 2 is 1.61 bits per heavy atom. The quantitative estimate of drug-likeness (QED) is 0.281. The molecule has 1 saturated heterocycles. The van der Waals surface area contributed by atoms with Gasteiger partial charge in [-0.3, -0.25) is 0 Å². The maximum Gasteiger partial charge on any atom is 1.00 e. The number of pyridine rings is 1. The van der Waals surface area contributed by atoms with E-state index in [0.29, 0.717) is 0 Å². The number of alkyl halides is 1. The van der Waals surface area contributed by atoms with Crippen LogP contribution < -0.4 is 34.7 Å². The van der Waals surface area contributed by atoms with Crippen LogP contribution in [0.1, 0.15) is 31.7 Å². The summed E-state index contributed by atoms with van der Waals surface area (Å²) in [5, 5.41) is 10.4. The van der Waals surface area contributed by atoms with Crippen LogP contribution in [0.3, 0.4) is 0 Å². The number of hydrogen-bond donors (Lipinski definition) is 0. The van der Waals surface area contributed by atoms with Gasteiger partial charge >= 0.3 is 29.6 Å². The third-order valence-corrected chi connectivity index (χ3v) is 6.64. The Kier molecular flexibility index (Phi) is 10.4. The average molecular weight is 510 g/mol. The van der Waals surface area contributed by atoms with E-state index < -0.39 is 0 Å². The number of benzene rings is 2. The molecule has 0 saturated carbocycles. The molecule has 0 N–H and O–H groups in total. The van der Waals surface area contributed by atoms with Gasteiger partial charge in [-0.15, -0.1) is 11.6 Å². The third kappa shape index (κ3) is 6.33. The minimum absolute atomic E-state index is 0. The van der Waals surface area contributed by atoms with Crippen molar-refractivity contribution in [1.29, 1.82) is 0 Å². The van der Waals surface area contributed by atoms with Gasteiger partial charge in [0.2, 0.25) is 0 Å². The van der Waals surface area contributed by atoms with Gasteiger partial charge in [-0.05, 0) is 42.0 Å². The molecule has 1 aliphatic heterocycles. The van der Waals surface area contributed by atoms with Crippen LogP contribution in [0.25, 0.3) is 38.8 Å². The molecule has 0 spiro atoms. The van der Waals surface area contributed by atoms with Crippen LogP contribution in [0.5, 0.6) is 0 Å². The molecule has 2 aromatic carbocycles. The van der Waals surface area contributed by atoms with Crippen LogP contribution in [-0.2, 0) is 0 Å². The molecule has 2 aromatic heterocycles. The van der Waals surface area contributed by atoms with E-state index in [1.165, 1.54) is 24.9 Å². The van der Waals surface area contributed by atoms with Crippen molar-refractivity contribution in [3.63, 3.8) is 0 Å². The molecule has 36 heavy (non-hydrogen) atoms. The van der Waals surface area contributed by atoms with Crippen molar-refractivity contribution in [3.8, 4) is 11.3 Å². The maximum atomic E-state index is 4.96. The normalized spacial score (nSPS) is 13.2. The SMILES string of the molecule is C=C(CCCC)N1CCN(C(=C)c2ccc3ccc(-c4ccc5c[n-]nc5c4)nc3c2)CC1.CCl.[Na+]. The van der Waals surface area contributed by atoms with Crippen molar-refractivity contribution in [2.24, 2.45) is 0 Å². The standard InChI is InChI=1S/C28H30N5.CH3Cl.Na/c1-4-5-6-20(2)32-13-15-33(16-14-32)21(3)23-8-7-22-11-12-26(30-27(22)17-23)24-9-10-25-19-29-31-28(25)18-24;1-2;/h7-12,17-19H,2-6,13-16H2,1H3;1H3;/q-1;;+1. The van der Waals surface area contributed by atoms with E-state index in [1.54, 1.807) is 6.20 Å². The zero-order valence-corrected chi connectivity index (χ0v) is 24.4. The molecule has 0 bridgehead atoms. The van der Waals surface area contributed by atoms with Crippen LogP contribution in [0, 0.1) is 0 Å². The molecule has 5 rings (SSSR count). The van der Waals surface area contributed by atoms with E-state index in [2.05, 4.69) is 88.1 Å². The van der Waals surface area contributed by atoms with Gasteiger partial charge in [-0.2, -0.15) is 6.20 Å².